The maximum absolute atomic E-state index is 2.39. The van der Waals surface area contributed by atoms with Gasteiger partial charge in [0.15, 0.2) is 0 Å². The monoisotopic (exact) mass is 261 g/mol. The molecule has 0 spiro atoms. The van der Waals surface area contributed by atoms with E-state index in [1.807, 2.05) is 11.3 Å². The van der Waals surface area contributed by atoms with E-state index in [1.165, 1.54) is 15.0 Å². The molecule has 0 bridgehead atoms. The van der Waals surface area contributed by atoms with Gasteiger partial charge in [-0.05, 0) is 37.5 Å². The highest BCUT2D eigenvalue weighted by Crippen LogP contribution is 2.39. The smallest absolute Gasteiger partial charge is 0.0345 e. The number of fused-ring (bicyclic) bond motifs is 1. The maximum atomic E-state index is 2.39. The van der Waals surface area contributed by atoms with Crippen molar-refractivity contribution in [2.24, 2.45) is 5.92 Å². The summed E-state index contributed by atoms with van der Waals surface area (Å²) in [6.45, 7) is 8.14. The molecule has 0 aliphatic carbocycles. The van der Waals surface area contributed by atoms with Crippen LogP contribution in [0.3, 0.4) is 0 Å². The Morgan fingerprint density at radius 1 is 1.22 bits per heavy atom. The van der Waals surface area contributed by atoms with Crippen LogP contribution in [0.15, 0.2) is 30.3 Å². The third-order valence-corrected chi connectivity index (χ3v) is 5.30. The van der Waals surface area contributed by atoms with Crippen LogP contribution in [0.1, 0.15) is 25.6 Å². The third-order valence-electron chi connectivity index (χ3n) is 3.91. The molecule has 1 heterocycles. The molecule has 1 aromatic carbocycles. The Bertz CT molecular complexity index is 494. The van der Waals surface area contributed by atoms with Crippen LogP contribution in [0.2, 0.25) is 0 Å². The van der Waals surface area contributed by atoms with Crippen LogP contribution in [0, 0.1) is 5.92 Å². The van der Waals surface area contributed by atoms with E-state index >= 15 is 0 Å². The second kappa shape index (κ2) is 5.02. The molecule has 2 heteroatoms. The Kier molecular flexibility index (Phi) is 3.79. The molecule has 0 aliphatic rings. The van der Waals surface area contributed by atoms with Crippen molar-refractivity contribution in [3.63, 3.8) is 0 Å². The minimum atomic E-state index is 0.229. The zero-order valence-electron chi connectivity index (χ0n) is 12.0. The van der Waals surface area contributed by atoms with Gasteiger partial charge in [-0.3, -0.25) is 0 Å². The van der Waals surface area contributed by atoms with Gasteiger partial charge in [-0.15, -0.1) is 11.3 Å². The predicted octanol–water partition coefficient (Wildman–Crippen LogP) is 4.38. The van der Waals surface area contributed by atoms with Crippen LogP contribution in [0.5, 0.6) is 0 Å². The van der Waals surface area contributed by atoms with E-state index < -0.39 is 0 Å². The van der Waals surface area contributed by atoms with Gasteiger partial charge in [-0.1, -0.05) is 39.0 Å². The van der Waals surface area contributed by atoms with E-state index in [2.05, 4.69) is 70.1 Å². The molecule has 0 saturated carbocycles. The second-order valence-electron chi connectivity index (χ2n) is 5.96. The number of thiophene rings is 1. The number of benzene rings is 1. The summed E-state index contributed by atoms with van der Waals surface area (Å²) >= 11 is 1.95. The Morgan fingerprint density at radius 3 is 2.44 bits per heavy atom. The van der Waals surface area contributed by atoms with Crippen LogP contribution >= 0.6 is 11.3 Å². The highest BCUT2D eigenvalue weighted by molar-refractivity contribution is 7.19. The van der Waals surface area contributed by atoms with E-state index in [4.69, 9.17) is 0 Å². The Morgan fingerprint density at radius 2 is 1.89 bits per heavy atom. The summed E-state index contributed by atoms with van der Waals surface area (Å²) in [6, 6.07) is 11.1. The molecule has 0 radical (unpaired) electrons. The normalized spacial score (nSPS) is 15.5. The van der Waals surface area contributed by atoms with E-state index in [-0.39, 0.29) is 5.41 Å². The van der Waals surface area contributed by atoms with E-state index in [9.17, 15) is 0 Å². The molecule has 1 nitrogen and oxygen atoms in total. The Balaban J connectivity index is 2.47. The molecule has 0 aliphatic heterocycles. The van der Waals surface area contributed by atoms with Crippen molar-refractivity contribution in [1.29, 1.82) is 0 Å². The first-order chi connectivity index (χ1) is 8.43. The van der Waals surface area contributed by atoms with Crippen LogP contribution < -0.4 is 0 Å². The van der Waals surface area contributed by atoms with Gasteiger partial charge in [0, 0.05) is 21.5 Å². The number of rotatable bonds is 4. The first-order valence-electron chi connectivity index (χ1n) is 6.57. The molecular weight excluding hydrogens is 238 g/mol. The molecule has 1 aromatic heterocycles. The molecule has 18 heavy (non-hydrogen) atoms. The molecule has 1 atom stereocenters. The summed E-state index contributed by atoms with van der Waals surface area (Å²) in [5.41, 5.74) is 0.229. The minimum Gasteiger partial charge on any atom is -0.308 e. The molecule has 2 aromatic rings. The van der Waals surface area contributed by atoms with Crippen LogP contribution in [-0.2, 0) is 5.41 Å². The lowest BCUT2D eigenvalue weighted by Gasteiger charge is -2.35. The Labute approximate surface area is 114 Å². The number of hydrogen-bond donors (Lipinski definition) is 0. The fraction of sp³-hybridized carbons (Fsp3) is 0.500. The average molecular weight is 261 g/mol. The maximum Gasteiger partial charge on any atom is 0.0345 e. The van der Waals surface area contributed by atoms with Gasteiger partial charge >= 0.3 is 0 Å². The van der Waals surface area contributed by atoms with Crippen molar-refractivity contribution in [2.45, 2.75) is 26.2 Å². The van der Waals surface area contributed by atoms with Crippen LogP contribution in [-0.4, -0.2) is 25.5 Å². The summed E-state index contributed by atoms with van der Waals surface area (Å²) in [4.78, 5) is 3.80. The summed E-state index contributed by atoms with van der Waals surface area (Å²) in [6.07, 6.45) is 0. The van der Waals surface area contributed by atoms with Gasteiger partial charge in [0.1, 0.15) is 0 Å². The van der Waals surface area contributed by atoms with Gasteiger partial charge in [-0.2, -0.15) is 0 Å². The van der Waals surface area contributed by atoms with Crippen molar-refractivity contribution < 1.29 is 0 Å². The molecule has 0 saturated heterocycles. The first-order valence-corrected chi connectivity index (χ1v) is 7.39. The molecule has 0 unspecified atom stereocenters. The topological polar surface area (TPSA) is 3.24 Å². The number of likely N-dealkylation sites (N-methyl/N-ethyl adjacent to an activating group) is 1. The highest BCUT2D eigenvalue weighted by Gasteiger charge is 2.32. The highest BCUT2D eigenvalue weighted by atomic mass is 32.1. The number of nitrogens with zero attached hydrogens (tertiary/aromatic N) is 1. The van der Waals surface area contributed by atoms with Crippen LogP contribution in [0.4, 0.5) is 0 Å². The molecular formula is C16H23NS. The van der Waals surface area contributed by atoms with Crippen molar-refractivity contribution in [1.82, 2.24) is 4.90 Å². The summed E-state index contributed by atoms with van der Waals surface area (Å²) in [5.74, 6) is 0.632. The van der Waals surface area contributed by atoms with E-state index in [1.54, 1.807) is 0 Å². The summed E-state index contributed by atoms with van der Waals surface area (Å²) in [5, 5.41) is 1.38. The first kappa shape index (κ1) is 13.6. The lowest BCUT2D eigenvalue weighted by atomic mass is 9.77. The summed E-state index contributed by atoms with van der Waals surface area (Å²) < 4.78 is 1.40. The largest absolute Gasteiger partial charge is 0.308 e. The zero-order chi connectivity index (χ0) is 13.3. The standard InChI is InChI=1S/C16H23NS/c1-12(2)16(3,11-17(4)5)15-10-13-8-6-7-9-14(13)18-15/h6-10,12H,11H2,1-5H3/t16-/m1/s1. The van der Waals surface area contributed by atoms with Gasteiger partial charge in [0.2, 0.25) is 0 Å². The molecule has 0 amide bonds. The molecule has 0 N–H and O–H groups in total. The fourth-order valence-corrected chi connectivity index (χ4v) is 3.81. The molecule has 0 fully saturated rings. The average Bonchev–Trinajstić information content (AvgIpc) is 2.71. The predicted molar refractivity (Wildman–Crippen MR) is 82.6 cm³/mol. The Hall–Kier alpha value is -0.860. The van der Waals surface area contributed by atoms with Crippen molar-refractivity contribution in [3.8, 4) is 0 Å². The van der Waals surface area contributed by atoms with Gasteiger partial charge < -0.3 is 4.90 Å². The van der Waals surface area contributed by atoms with Crippen LogP contribution in [0.25, 0.3) is 10.1 Å². The van der Waals surface area contributed by atoms with Crippen molar-refractivity contribution in [2.75, 3.05) is 20.6 Å². The van der Waals surface area contributed by atoms with Crippen molar-refractivity contribution >= 4 is 21.4 Å². The van der Waals surface area contributed by atoms with E-state index in [0.29, 0.717) is 5.92 Å². The summed E-state index contributed by atoms with van der Waals surface area (Å²) in [7, 11) is 4.32. The van der Waals surface area contributed by atoms with Gasteiger partial charge in [-0.25, -0.2) is 0 Å². The zero-order valence-corrected chi connectivity index (χ0v) is 12.8. The minimum absolute atomic E-state index is 0.229. The lowest BCUT2D eigenvalue weighted by molar-refractivity contribution is 0.242. The molecule has 98 valence electrons. The number of hydrogen-bond acceptors (Lipinski definition) is 2. The lowest BCUT2D eigenvalue weighted by Crippen LogP contribution is -2.38. The van der Waals surface area contributed by atoms with Gasteiger partial charge in [0.05, 0.1) is 0 Å². The second-order valence-corrected chi connectivity index (χ2v) is 7.04. The molecule has 2 rings (SSSR count). The third kappa shape index (κ3) is 2.45. The van der Waals surface area contributed by atoms with Gasteiger partial charge in [0.25, 0.3) is 0 Å². The van der Waals surface area contributed by atoms with Crippen molar-refractivity contribution in [3.05, 3.63) is 35.2 Å². The quantitative estimate of drug-likeness (QED) is 0.789. The SMILES string of the molecule is CC(C)[C@@](C)(CN(C)C)c1cc2ccccc2s1. The van der Waals surface area contributed by atoms with E-state index in [0.717, 1.165) is 6.54 Å². The fourth-order valence-electron chi connectivity index (χ4n) is 2.47.